The number of nitrogens with zero attached hydrogens (tertiary/aromatic N) is 4. The first-order valence-corrected chi connectivity index (χ1v) is 7.91. The summed E-state index contributed by atoms with van der Waals surface area (Å²) in [6, 6.07) is 4.67. The van der Waals surface area contributed by atoms with Crippen molar-refractivity contribution in [1.29, 1.82) is 0 Å². The number of piperidine rings is 1. The molecule has 21 heavy (non-hydrogen) atoms. The van der Waals surface area contributed by atoms with Gasteiger partial charge in [0.2, 0.25) is 0 Å². The summed E-state index contributed by atoms with van der Waals surface area (Å²) in [5.74, 6) is 2.96. The fourth-order valence-electron chi connectivity index (χ4n) is 3.10. The van der Waals surface area contributed by atoms with Crippen molar-refractivity contribution in [1.82, 2.24) is 19.7 Å². The number of furan rings is 1. The van der Waals surface area contributed by atoms with Crippen molar-refractivity contribution in [2.24, 2.45) is 5.92 Å². The maximum Gasteiger partial charge on any atom is 0.137 e. The second kappa shape index (κ2) is 6.43. The van der Waals surface area contributed by atoms with Crippen LogP contribution in [0.3, 0.4) is 0 Å². The summed E-state index contributed by atoms with van der Waals surface area (Å²) in [5, 5.41) is 4.19. The zero-order chi connectivity index (χ0) is 14.7. The summed E-state index contributed by atoms with van der Waals surface area (Å²) in [7, 11) is 0. The van der Waals surface area contributed by atoms with E-state index in [2.05, 4.69) is 41.0 Å². The van der Waals surface area contributed by atoms with Gasteiger partial charge in [0.05, 0.1) is 12.6 Å². The summed E-state index contributed by atoms with van der Waals surface area (Å²) >= 11 is 0. The van der Waals surface area contributed by atoms with E-state index in [4.69, 9.17) is 4.42 Å². The first-order chi connectivity index (χ1) is 10.3. The maximum absolute atomic E-state index is 6.01. The van der Waals surface area contributed by atoms with Crippen LogP contribution in [-0.2, 0) is 13.0 Å². The molecule has 0 saturated carbocycles. The Hall–Kier alpha value is -1.62. The largest absolute Gasteiger partial charge is 0.464 e. The van der Waals surface area contributed by atoms with E-state index >= 15 is 0 Å². The van der Waals surface area contributed by atoms with Crippen LogP contribution in [0.4, 0.5) is 0 Å². The molecule has 3 heterocycles. The number of hydrogen-bond donors (Lipinski definition) is 0. The summed E-state index contributed by atoms with van der Waals surface area (Å²) in [6.45, 7) is 7.47. The molecule has 2 aromatic rings. The average Bonchev–Trinajstić information content (AvgIpc) is 3.17. The van der Waals surface area contributed by atoms with Crippen LogP contribution < -0.4 is 0 Å². The Balaban J connectivity index is 1.70. The number of likely N-dealkylation sites (tertiary alicyclic amines) is 1. The predicted octanol–water partition coefficient (Wildman–Crippen LogP) is 2.91. The maximum atomic E-state index is 6.01. The molecule has 0 aliphatic carbocycles. The highest BCUT2D eigenvalue weighted by atomic mass is 16.3. The topological polar surface area (TPSA) is 47.1 Å². The van der Waals surface area contributed by atoms with E-state index < -0.39 is 0 Å². The van der Waals surface area contributed by atoms with E-state index in [0.717, 1.165) is 43.5 Å². The molecule has 1 aliphatic rings. The Morgan fingerprint density at radius 2 is 2.24 bits per heavy atom. The molecule has 0 radical (unpaired) electrons. The van der Waals surface area contributed by atoms with Crippen LogP contribution in [0.1, 0.15) is 44.3 Å². The third kappa shape index (κ3) is 3.35. The number of hydrogen-bond acceptors (Lipinski definition) is 4. The summed E-state index contributed by atoms with van der Waals surface area (Å²) < 4.78 is 7.91. The molecule has 0 aromatic carbocycles. The minimum absolute atomic E-state index is 0.401. The van der Waals surface area contributed by atoms with Gasteiger partial charge in [0.25, 0.3) is 0 Å². The molecule has 1 saturated heterocycles. The van der Waals surface area contributed by atoms with Crippen LogP contribution in [0.25, 0.3) is 0 Å². The standard InChI is InChI=1S/C16H24N4O/c1-3-14-4-5-16(21-14)15-10-13(2)6-7-19(15)8-9-20-12-17-11-18-20/h4-5,11-13,15H,3,6-10H2,1-2H3/t13-,15+/m1/s1. The van der Waals surface area contributed by atoms with Crippen LogP contribution in [0, 0.1) is 5.92 Å². The van der Waals surface area contributed by atoms with Crippen LogP contribution in [0.5, 0.6) is 0 Å². The third-order valence-corrected chi connectivity index (χ3v) is 4.42. The van der Waals surface area contributed by atoms with Gasteiger partial charge in [-0.05, 0) is 37.4 Å². The molecule has 0 unspecified atom stereocenters. The predicted molar refractivity (Wildman–Crippen MR) is 80.8 cm³/mol. The van der Waals surface area contributed by atoms with Crippen molar-refractivity contribution in [3.8, 4) is 0 Å². The average molecular weight is 288 g/mol. The zero-order valence-corrected chi connectivity index (χ0v) is 12.9. The normalized spacial score (nSPS) is 23.5. The number of aryl methyl sites for hydroxylation is 1. The van der Waals surface area contributed by atoms with Crippen molar-refractivity contribution in [3.05, 3.63) is 36.3 Å². The van der Waals surface area contributed by atoms with Crippen LogP contribution >= 0.6 is 0 Å². The van der Waals surface area contributed by atoms with Gasteiger partial charge in [0.1, 0.15) is 24.2 Å². The van der Waals surface area contributed by atoms with Crippen molar-refractivity contribution >= 4 is 0 Å². The van der Waals surface area contributed by atoms with Crippen molar-refractivity contribution in [2.45, 2.75) is 45.7 Å². The molecule has 1 fully saturated rings. The Morgan fingerprint density at radius 1 is 1.33 bits per heavy atom. The van der Waals surface area contributed by atoms with Gasteiger partial charge in [-0.25, -0.2) is 4.98 Å². The van der Waals surface area contributed by atoms with Gasteiger partial charge in [0.15, 0.2) is 0 Å². The van der Waals surface area contributed by atoms with E-state index in [0.29, 0.717) is 6.04 Å². The molecule has 0 spiro atoms. The molecule has 1 aliphatic heterocycles. The first kappa shape index (κ1) is 14.3. The second-order valence-electron chi connectivity index (χ2n) is 6.00. The van der Waals surface area contributed by atoms with E-state index in [9.17, 15) is 0 Å². The highest BCUT2D eigenvalue weighted by Crippen LogP contribution is 2.34. The zero-order valence-electron chi connectivity index (χ0n) is 12.9. The highest BCUT2D eigenvalue weighted by molar-refractivity contribution is 5.12. The Kier molecular flexibility index (Phi) is 4.39. The number of aromatic nitrogens is 3. The molecule has 114 valence electrons. The van der Waals surface area contributed by atoms with E-state index in [-0.39, 0.29) is 0 Å². The molecule has 3 rings (SSSR count). The highest BCUT2D eigenvalue weighted by Gasteiger charge is 2.29. The monoisotopic (exact) mass is 288 g/mol. The van der Waals surface area contributed by atoms with Gasteiger partial charge in [0, 0.05) is 13.0 Å². The molecule has 0 amide bonds. The van der Waals surface area contributed by atoms with Crippen LogP contribution in [-0.4, -0.2) is 32.8 Å². The summed E-state index contributed by atoms with van der Waals surface area (Å²) in [5.41, 5.74) is 0. The lowest BCUT2D eigenvalue weighted by Gasteiger charge is -2.37. The molecule has 2 atom stereocenters. The second-order valence-corrected chi connectivity index (χ2v) is 6.00. The molecule has 0 N–H and O–H groups in total. The van der Waals surface area contributed by atoms with Gasteiger partial charge in [-0.3, -0.25) is 9.58 Å². The lowest BCUT2D eigenvalue weighted by atomic mass is 9.91. The Labute approximate surface area is 126 Å². The van der Waals surface area contributed by atoms with E-state index in [1.54, 1.807) is 12.7 Å². The minimum atomic E-state index is 0.401. The van der Waals surface area contributed by atoms with Crippen molar-refractivity contribution in [2.75, 3.05) is 13.1 Å². The van der Waals surface area contributed by atoms with Crippen molar-refractivity contribution in [3.63, 3.8) is 0 Å². The third-order valence-electron chi connectivity index (χ3n) is 4.42. The Bertz CT molecular complexity index is 548. The molecule has 5 nitrogen and oxygen atoms in total. The van der Waals surface area contributed by atoms with Gasteiger partial charge in [-0.2, -0.15) is 5.10 Å². The molecular formula is C16H24N4O. The number of rotatable bonds is 5. The lowest BCUT2D eigenvalue weighted by Crippen LogP contribution is -2.38. The molecule has 2 aromatic heterocycles. The quantitative estimate of drug-likeness (QED) is 0.848. The lowest BCUT2D eigenvalue weighted by molar-refractivity contribution is 0.0958. The first-order valence-electron chi connectivity index (χ1n) is 7.91. The van der Waals surface area contributed by atoms with Gasteiger partial charge in [-0.15, -0.1) is 0 Å². The molecule has 5 heteroatoms. The fourth-order valence-corrected chi connectivity index (χ4v) is 3.10. The minimum Gasteiger partial charge on any atom is -0.464 e. The Morgan fingerprint density at radius 3 is 2.95 bits per heavy atom. The summed E-state index contributed by atoms with van der Waals surface area (Å²) in [6.07, 6.45) is 6.77. The van der Waals surface area contributed by atoms with E-state index in [1.807, 2.05) is 4.68 Å². The SMILES string of the molecule is CCc1ccc([C@@H]2C[C@H](C)CCN2CCn2cncn2)o1. The van der Waals surface area contributed by atoms with Gasteiger partial charge < -0.3 is 4.42 Å². The van der Waals surface area contributed by atoms with Crippen molar-refractivity contribution < 1.29 is 4.42 Å². The fraction of sp³-hybridized carbons (Fsp3) is 0.625. The molecule has 0 bridgehead atoms. The molecular weight excluding hydrogens is 264 g/mol. The van der Waals surface area contributed by atoms with E-state index in [1.165, 1.54) is 12.8 Å². The van der Waals surface area contributed by atoms with Crippen LogP contribution in [0.15, 0.2) is 29.2 Å². The summed E-state index contributed by atoms with van der Waals surface area (Å²) in [4.78, 5) is 6.53. The van der Waals surface area contributed by atoms with Crippen LogP contribution in [0.2, 0.25) is 0 Å². The van der Waals surface area contributed by atoms with Gasteiger partial charge in [-0.1, -0.05) is 13.8 Å². The smallest absolute Gasteiger partial charge is 0.137 e. The van der Waals surface area contributed by atoms with Gasteiger partial charge >= 0.3 is 0 Å².